The van der Waals surface area contributed by atoms with E-state index in [9.17, 15) is 14.4 Å². The summed E-state index contributed by atoms with van der Waals surface area (Å²) in [4.78, 5) is 39.9. The first-order chi connectivity index (χ1) is 13.0. The molecule has 0 bridgehead atoms. The number of rotatable bonds is 3. The fourth-order valence-electron chi connectivity index (χ4n) is 2.77. The highest BCUT2D eigenvalue weighted by Crippen LogP contribution is 2.27. The number of nitrogens with zero attached hydrogens (tertiary/aromatic N) is 2. The summed E-state index contributed by atoms with van der Waals surface area (Å²) in [5, 5.41) is 2.93. The third-order valence-corrected chi connectivity index (χ3v) is 4.43. The first-order valence-corrected chi connectivity index (χ1v) is 8.64. The molecular weight excluding hydrogens is 374 g/mol. The molecule has 1 N–H and O–H groups in total. The van der Waals surface area contributed by atoms with E-state index in [1.165, 1.54) is 24.3 Å². The maximum absolute atomic E-state index is 12.4. The standard InChI is InChI=1S/C18H18ClN3O5/c1-26-14-5-4-12(19)11-13(14)20-16(23)18(25)22-8-6-21(7-9-22)17(24)15-3-2-10-27-15/h2-5,10-11H,6-9H2,1H3,(H,20,23). The molecule has 1 aromatic carbocycles. The maximum Gasteiger partial charge on any atom is 0.314 e. The molecule has 0 saturated carbocycles. The third-order valence-electron chi connectivity index (χ3n) is 4.19. The lowest BCUT2D eigenvalue weighted by atomic mass is 10.2. The SMILES string of the molecule is COc1ccc(Cl)cc1NC(=O)C(=O)N1CCN(C(=O)c2ccco2)CC1. The number of ether oxygens (including phenoxy) is 1. The van der Waals surface area contributed by atoms with Crippen LogP contribution in [0.2, 0.25) is 5.02 Å². The molecule has 2 heterocycles. The van der Waals surface area contributed by atoms with Crippen LogP contribution in [0.1, 0.15) is 10.6 Å². The van der Waals surface area contributed by atoms with Crippen LogP contribution in [-0.2, 0) is 9.59 Å². The lowest BCUT2D eigenvalue weighted by molar-refractivity contribution is -0.144. The van der Waals surface area contributed by atoms with Crippen LogP contribution in [-0.4, -0.2) is 60.8 Å². The van der Waals surface area contributed by atoms with E-state index in [4.69, 9.17) is 20.8 Å². The Morgan fingerprint density at radius 3 is 2.44 bits per heavy atom. The van der Waals surface area contributed by atoms with Crippen molar-refractivity contribution in [2.45, 2.75) is 0 Å². The number of piperazine rings is 1. The minimum atomic E-state index is -0.790. The van der Waals surface area contributed by atoms with Crippen LogP contribution in [0.25, 0.3) is 0 Å². The zero-order chi connectivity index (χ0) is 19.4. The zero-order valence-electron chi connectivity index (χ0n) is 14.6. The van der Waals surface area contributed by atoms with Gasteiger partial charge >= 0.3 is 11.8 Å². The molecule has 0 radical (unpaired) electrons. The fraction of sp³-hybridized carbons (Fsp3) is 0.278. The predicted octanol–water partition coefficient (Wildman–Crippen LogP) is 1.86. The van der Waals surface area contributed by atoms with E-state index in [1.807, 2.05) is 0 Å². The first-order valence-electron chi connectivity index (χ1n) is 8.26. The van der Waals surface area contributed by atoms with Crippen molar-refractivity contribution in [1.29, 1.82) is 0 Å². The van der Waals surface area contributed by atoms with Crippen LogP contribution in [0.5, 0.6) is 5.75 Å². The molecule has 27 heavy (non-hydrogen) atoms. The summed E-state index contributed by atoms with van der Waals surface area (Å²) in [6, 6.07) is 7.95. The predicted molar refractivity (Wildman–Crippen MR) is 97.8 cm³/mol. The second kappa shape index (κ2) is 8.13. The van der Waals surface area contributed by atoms with E-state index in [0.717, 1.165) is 0 Å². The lowest BCUT2D eigenvalue weighted by Gasteiger charge is -2.33. The van der Waals surface area contributed by atoms with Crippen LogP contribution in [0.3, 0.4) is 0 Å². The summed E-state index contributed by atoms with van der Waals surface area (Å²) in [6.45, 7) is 1.15. The number of benzene rings is 1. The molecule has 1 aromatic heterocycles. The molecule has 142 valence electrons. The van der Waals surface area contributed by atoms with Crippen LogP contribution >= 0.6 is 11.6 Å². The van der Waals surface area contributed by atoms with Gasteiger partial charge in [-0.05, 0) is 30.3 Å². The average molecular weight is 392 g/mol. The number of anilines is 1. The van der Waals surface area contributed by atoms with E-state index in [0.29, 0.717) is 29.5 Å². The molecular formula is C18H18ClN3O5. The molecule has 2 aromatic rings. The van der Waals surface area contributed by atoms with Crippen LogP contribution < -0.4 is 10.1 Å². The van der Waals surface area contributed by atoms with Gasteiger partial charge in [0.1, 0.15) is 5.75 Å². The summed E-state index contributed by atoms with van der Waals surface area (Å²) >= 11 is 5.93. The quantitative estimate of drug-likeness (QED) is 0.806. The molecule has 3 rings (SSSR count). The van der Waals surface area contributed by atoms with Crippen LogP contribution in [0.15, 0.2) is 41.0 Å². The number of nitrogens with one attached hydrogen (secondary N) is 1. The summed E-state index contributed by atoms with van der Waals surface area (Å²) in [5.74, 6) is -1.06. The van der Waals surface area contributed by atoms with Gasteiger partial charge in [-0.25, -0.2) is 0 Å². The van der Waals surface area contributed by atoms with Gasteiger partial charge in [-0.2, -0.15) is 0 Å². The van der Waals surface area contributed by atoms with Gasteiger partial charge in [0.25, 0.3) is 5.91 Å². The molecule has 1 fully saturated rings. The van der Waals surface area contributed by atoms with E-state index >= 15 is 0 Å². The molecule has 9 heteroatoms. The Labute approximate surface area is 160 Å². The second-order valence-corrected chi connectivity index (χ2v) is 6.30. The molecule has 0 aliphatic carbocycles. The van der Waals surface area contributed by atoms with Crippen LogP contribution in [0.4, 0.5) is 5.69 Å². The van der Waals surface area contributed by atoms with Crippen molar-refractivity contribution in [1.82, 2.24) is 9.80 Å². The summed E-state index contributed by atoms with van der Waals surface area (Å²) in [6.07, 6.45) is 1.43. The molecule has 3 amide bonds. The third kappa shape index (κ3) is 4.22. The van der Waals surface area contributed by atoms with Crippen molar-refractivity contribution < 1.29 is 23.5 Å². The lowest BCUT2D eigenvalue weighted by Crippen LogP contribution is -2.52. The number of amides is 3. The minimum Gasteiger partial charge on any atom is -0.495 e. The Hall–Kier alpha value is -3.00. The first kappa shape index (κ1) is 18.8. The topological polar surface area (TPSA) is 92.1 Å². The van der Waals surface area contributed by atoms with Crippen molar-refractivity contribution in [3.05, 3.63) is 47.4 Å². The Bertz CT molecular complexity index is 845. The maximum atomic E-state index is 12.4. The number of hydrogen-bond donors (Lipinski definition) is 1. The monoisotopic (exact) mass is 391 g/mol. The van der Waals surface area contributed by atoms with Gasteiger partial charge in [-0.3, -0.25) is 14.4 Å². The minimum absolute atomic E-state index is 0.236. The van der Waals surface area contributed by atoms with Gasteiger partial charge in [0.05, 0.1) is 19.1 Å². The molecule has 1 saturated heterocycles. The molecule has 0 unspecified atom stereocenters. The Kier molecular flexibility index (Phi) is 5.66. The van der Waals surface area contributed by atoms with Crippen LogP contribution in [0, 0.1) is 0 Å². The second-order valence-electron chi connectivity index (χ2n) is 5.86. The molecule has 8 nitrogen and oxygen atoms in total. The highest BCUT2D eigenvalue weighted by Gasteiger charge is 2.29. The normalized spacial score (nSPS) is 14.0. The molecule has 1 aliphatic rings. The smallest absolute Gasteiger partial charge is 0.314 e. The van der Waals surface area contributed by atoms with Gasteiger partial charge in [-0.15, -0.1) is 0 Å². The van der Waals surface area contributed by atoms with Gasteiger partial charge < -0.3 is 24.3 Å². The number of halogens is 1. The highest BCUT2D eigenvalue weighted by molar-refractivity contribution is 6.40. The van der Waals surface area contributed by atoms with Crippen molar-refractivity contribution in [3.8, 4) is 5.75 Å². The molecule has 1 aliphatic heterocycles. The van der Waals surface area contributed by atoms with Gasteiger partial charge in [0.15, 0.2) is 5.76 Å². The van der Waals surface area contributed by atoms with Crippen molar-refractivity contribution in [2.24, 2.45) is 0 Å². The number of furan rings is 1. The van der Waals surface area contributed by atoms with Crippen molar-refractivity contribution in [2.75, 3.05) is 38.6 Å². The number of carbonyl (C=O) groups excluding carboxylic acids is 3. The summed E-state index contributed by atoms with van der Waals surface area (Å²) in [5.41, 5.74) is 0.315. The zero-order valence-corrected chi connectivity index (χ0v) is 15.4. The van der Waals surface area contributed by atoms with Gasteiger partial charge in [0, 0.05) is 31.2 Å². The Morgan fingerprint density at radius 2 is 1.81 bits per heavy atom. The molecule has 0 spiro atoms. The Morgan fingerprint density at radius 1 is 1.11 bits per heavy atom. The van der Waals surface area contributed by atoms with E-state index in [2.05, 4.69) is 5.32 Å². The van der Waals surface area contributed by atoms with Gasteiger partial charge in [0.2, 0.25) is 0 Å². The number of hydrogen-bond acceptors (Lipinski definition) is 5. The van der Waals surface area contributed by atoms with E-state index in [-0.39, 0.29) is 24.8 Å². The van der Waals surface area contributed by atoms with E-state index < -0.39 is 11.8 Å². The number of carbonyl (C=O) groups is 3. The van der Waals surface area contributed by atoms with E-state index in [1.54, 1.807) is 29.2 Å². The van der Waals surface area contributed by atoms with Crippen molar-refractivity contribution >= 4 is 35.0 Å². The molecule has 0 atom stereocenters. The largest absolute Gasteiger partial charge is 0.495 e. The Balaban J connectivity index is 1.58. The fourth-order valence-corrected chi connectivity index (χ4v) is 2.94. The highest BCUT2D eigenvalue weighted by atomic mass is 35.5. The summed E-state index contributed by atoms with van der Waals surface area (Å²) in [7, 11) is 1.45. The summed E-state index contributed by atoms with van der Waals surface area (Å²) < 4.78 is 10.3. The average Bonchev–Trinajstić information content (AvgIpc) is 3.22. The van der Waals surface area contributed by atoms with Gasteiger partial charge in [-0.1, -0.05) is 11.6 Å². The van der Waals surface area contributed by atoms with Crippen molar-refractivity contribution in [3.63, 3.8) is 0 Å². The number of methoxy groups -OCH3 is 1.